The molecule has 0 saturated heterocycles. The second-order valence-electron chi connectivity index (χ2n) is 9.20. The van der Waals surface area contributed by atoms with Gasteiger partial charge in [-0.3, -0.25) is 4.79 Å². The highest BCUT2D eigenvalue weighted by Crippen LogP contribution is 2.33. The highest BCUT2D eigenvalue weighted by Gasteiger charge is 2.21. The smallest absolute Gasteiger partial charge is 0.537 e. The second-order valence-corrected chi connectivity index (χ2v) is 9.20. The van der Waals surface area contributed by atoms with E-state index in [2.05, 4.69) is 15.4 Å². The first-order valence-corrected chi connectivity index (χ1v) is 11.1. The van der Waals surface area contributed by atoms with Crippen molar-refractivity contribution in [2.24, 2.45) is 5.41 Å². The zero-order chi connectivity index (χ0) is 24.7. The van der Waals surface area contributed by atoms with Gasteiger partial charge in [0.15, 0.2) is 11.5 Å². The van der Waals surface area contributed by atoms with Crippen molar-refractivity contribution in [2.75, 3.05) is 5.32 Å². The molecule has 0 fully saturated rings. The fourth-order valence-corrected chi connectivity index (χ4v) is 3.48. The molecule has 0 bridgehead atoms. The Morgan fingerprint density at radius 2 is 1.74 bits per heavy atom. The lowest BCUT2D eigenvalue weighted by atomic mass is 9.92. The monoisotopic (exact) mass is 457 g/mol. The largest absolute Gasteiger partial charge is 0.569 e. The lowest BCUT2D eigenvalue weighted by Gasteiger charge is -2.17. The normalized spacial score (nSPS) is 10.9. The SMILES string of the molecule is Cc1ccccc1-c1c(NC(=O)CC(C)(C)C)nn2cccnc12.Cc1ccccc1O[B]O. The molecule has 2 N–H and O–H groups in total. The Labute approximate surface area is 201 Å². The van der Waals surface area contributed by atoms with Crippen LogP contribution < -0.4 is 9.97 Å². The summed E-state index contributed by atoms with van der Waals surface area (Å²) in [6.45, 7) is 10.1. The summed E-state index contributed by atoms with van der Waals surface area (Å²) in [5.41, 5.74) is 4.66. The van der Waals surface area contributed by atoms with Crippen LogP contribution >= 0.6 is 0 Å². The van der Waals surface area contributed by atoms with Crippen LogP contribution in [0.25, 0.3) is 16.8 Å². The fraction of sp³-hybridized carbons (Fsp3) is 0.269. The van der Waals surface area contributed by atoms with E-state index in [1.54, 1.807) is 16.8 Å². The maximum atomic E-state index is 12.4. The predicted octanol–water partition coefficient (Wildman–Crippen LogP) is 4.98. The molecule has 175 valence electrons. The van der Waals surface area contributed by atoms with Crippen LogP contribution in [0.5, 0.6) is 5.75 Å². The van der Waals surface area contributed by atoms with Gasteiger partial charge < -0.3 is 15.0 Å². The standard InChI is InChI=1S/C19H22N4O.C7H8BO2/c1-13-8-5-6-9-14(13)16-17(21-15(24)12-19(2,3)4)22-23-11-7-10-20-18(16)23;1-6-4-2-3-5-7(6)10-8-9/h5-11H,12H2,1-4H3,(H,21,22,24);2-5,9H,1H3. The van der Waals surface area contributed by atoms with Crippen molar-refractivity contribution in [3.8, 4) is 16.9 Å². The molecule has 1 radical (unpaired) electrons. The average molecular weight is 457 g/mol. The van der Waals surface area contributed by atoms with E-state index in [9.17, 15) is 4.79 Å². The Morgan fingerprint density at radius 1 is 1.06 bits per heavy atom. The molecule has 2 aromatic carbocycles. The van der Waals surface area contributed by atoms with Gasteiger partial charge in [-0.05, 0) is 48.1 Å². The minimum atomic E-state index is -0.0790. The molecule has 0 aliphatic carbocycles. The number of nitrogens with one attached hydrogen (secondary N) is 1. The molecule has 0 spiro atoms. The number of nitrogens with zero attached hydrogens (tertiary/aromatic N) is 3. The van der Waals surface area contributed by atoms with Crippen molar-refractivity contribution in [1.82, 2.24) is 14.6 Å². The molecular weight excluding hydrogens is 427 g/mol. The van der Waals surface area contributed by atoms with Gasteiger partial charge in [-0.15, -0.1) is 5.10 Å². The van der Waals surface area contributed by atoms with Crippen molar-refractivity contribution in [2.45, 2.75) is 41.0 Å². The number of amides is 1. The van der Waals surface area contributed by atoms with Crippen LogP contribution in [-0.2, 0) is 4.79 Å². The van der Waals surface area contributed by atoms with Gasteiger partial charge in [0.2, 0.25) is 5.91 Å². The number of carbonyl (C=O) groups is 1. The Morgan fingerprint density at radius 3 is 2.38 bits per heavy atom. The number of fused-ring (bicyclic) bond motifs is 1. The van der Waals surface area contributed by atoms with E-state index in [0.717, 1.165) is 27.9 Å². The van der Waals surface area contributed by atoms with E-state index in [-0.39, 0.29) is 11.3 Å². The first-order chi connectivity index (χ1) is 16.2. The molecule has 0 aliphatic rings. The molecule has 7 nitrogen and oxygen atoms in total. The molecule has 8 heteroatoms. The van der Waals surface area contributed by atoms with E-state index < -0.39 is 0 Å². The van der Waals surface area contributed by atoms with Gasteiger partial charge in [0, 0.05) is 18.8 Å². The lowest BCUT2D eigenvalue weighted by Crippen LogP contribution is -2.20. The van der Waals surface area contributed by atoms with Gasteiger partial charge in [-0.1, -0.05) is 63.2 Å². The molecule has 34 heavy (non-hydrogen) atoms. The number of rotatable bonds is 5. The minimum Gasteiger partial charge on any atom is -0.537 e. The summed E-state index contributed by atoms with van der Waals surface area (Å²) in [6.07, 6.45) is 4.00. The van der Waals surface area contributed by atoms with E-state index in [4.69, 9.17) is 9.68 Å². The maximum Gasteiger partial charge on any atom is 0.569 e. The fourth-order valence-electron chi connectivity index (χ4n) is 3.48. The van der Waals surface area contributed by atoms with E-state index in [1.807, 2.05) is 89.3 Å². The Bertz CT molecular complexity index is 1260. The Kier molecular flexibility index (Phi) is 8.07. The Hall–Kier alpha value is -3.65. The summed E-state index contributed by atoms with van der Waals surface area (Å²) in [7, 11) is 0.683. The zero-order valence-corrected chi connectivity index (χ0v) is 20.2. The number of aryl methyl sites for hydroxylation is 2. The van der Waals surface area contributed by atoms with Crippen LogP contribution in [0, 0.1) is 19.3 Å². The van der Waals surface area contributed by atoms with Crippen LogP contribution in [0.1, 0.15) is 38.3 Å². The van der Waals surface area contributed by atoms with Crippen LogP contribution in [0.3, 0.4) is 0 Å². The quantitative estimate of drug-likeness (QED) is 0.413. The van der Waals surface area contributed by atoms with Crippen molar-refractivity contribution < 1.29 is 14.5 Å². The van der Waals surface area contributed by atoms with Gasteiger partial charge in [-0.2, -0.15) is 0 Å². The predicted molar refractivity (Wildman–Crippen MR) is 136 cm³/mol. The highest BCUT2D eigenvalue weighted by atomic mass is 16.5. The number of carbonyl (C=O) groups excluding carboxylic acids is 1. The number of aromatic nitrogens is 3. The van der Waals surface area contributed by atoms with Crippen molar-refractivity contribution in [3.63, 3.8) is 0 Å². The van der Waals surface area contributed by atoms with Crippen LogP contribution in [0.15, 0.2) is 67.0 Å². The van der Waals surface area contributed by atoms with Crippen LogP contribution in [-0.4, -0.2) is 33.2 Å². The van der Waals surface area contributed by atoms with E-state index >= 15 is 0 Å². The third-order valence-electron chi connectivity index (χ3n) is 5.03. The van der Waals surface area contributed by atoms with Gasteiger partial charge in [0.1, 0.15) is 5.75 Å². The molecule has 2 heterocycles. The lowest BCUT2D eigenvalue weighted by molar-refractivity contribution is -0.117. The highest BCUT2D eigenvalue weighted by molar-refractivity contribution is 6.17. The summed E-state index contributed by atoms with van der Waals surface area (Å²) in [4.78, 5) is 16.8. The molecule has 0 unspecified atom stereocenters. The van der Waals surface area contributed by atoms with Gasteiger partial charge in [0.25, 0.3) is 0 Å². The first-order valence-electron chi connectivity index (χ1n) is 11.1. The van der Waals surface area contributed by atoms with Crippen molar-refractivity contribution in [1.29, 1.82) is 0 Å². The van der Waals surface area contributed by atoms with Crippen LogP contribution in [0.4, 0.5) is 5.82 Å². The first kappa shape index (κ1) is 25.0. The summed E-state index contributed by atoms with van der Waals surface area (Å²) < 4.78 is 6.47. The maximum absolute atomic E-state index is 12.4. The molecular formula is C26H30BN4O3. The van der Waals surface area contributed by atoms with Gasteiger partial charge in [0.05, 0.1) is 5.56 Å². The molecule has 4 rings (SSSR count). The molecule has 0 saturated carbocycles. The molecule has 2 aromatic heterocycles. The van der Waals surface area contributed by atoms with Crippen LogP contribution in [0.2, 0.25) is 0 Å². The van der Waals surface area contributed by atoms with E-state index in [0.29, 0.717) is 25.7 Å². The molecule has 1 amide bonds. The summed E-state index contributed by atoms with van der Waals surface area (Å²) >= 11 is 0. The topological polar surface area (TPSA) is 88.8 Å². The molecule has 4 aromatic rings. The van der Waals surface area contributed by atoms with Gasteiger partial charge >= 0.3 is 7.69 Å². The number of para-hydroxylation sites is 1. The summed E-state index contributed by atoms with van der Waals surface area (Å²) in [6, 6.07) is 17.4. The van der Waals surface area contributed by atoms with Crippen molar-refractivity contribution >= 4 is 25.1 Å². The number of hydrogen-bond acceptors (Lipinski definition) is 5. The summed E-state index contributed by atoms with van der Waals surface area (Å²) in [5, 5.41) is 15.8. The molecule has 0 atom stereocenters. The number of hydrogen-bond donors (Lipinski definition) is 2. The van der Waals surface area contributed by atoms with E-state index in [1.165, 1.54) is 0 Å². The zero-order valence-electron chi connectivity index (χ0n) is 20.2. The number of anilines is 1. The van der Waals surface area contributed by atoms with Crippen molar-refractivity contribution in [3.05, 3.63) is 78.1 Å². The third kappa shape index (κ3) is 6.45. The molecule has 0 aliphatic heterocycles. The average Bonchev–Trinajstić information content (AvgIpc) is 3.12. The second kappa shape index (κ2) is 11.0. The number of benzene rings is 2. The van der Waals surface area contributed by atoms with Gasteiger partial charge in [-0.25, -0.2) is 9.50 Å². The Balaban J connectivity index is 0.000000271. The summed E-state index contributed by atoms with van der Waals surface area (Å²) in [5.74, 6) is 1.20. The third-order valence-corrected chi connectivity index (χ3v) is 5.03. The minimum absolute atomic E-state index is 0.0410.